The molecular formula is C20H13N3O3. The van der Waals surface area contributed by atoms with Crippen LogP contribution in [0.2, 0.25) is 0 Å². The number of hydrogen-bond donors (Lipinski definition) is 0. The van der Waals surface area contributed by atoms with Gasteiger partial charge >= 0.3 is 0 Å². The Morgan fingerprint density at radius 2 is 1.73 bits per heavy atom. The quantitative estimate of drug-likeness (QED) is 0.228. The highest BCUT2D eigenvalue weighted by molar-refractivity contribution is 6.13. The average molecular weight is 343 g/mol. The molecule has 2 aromatic carbocycles. The van der Waals surface area contributed by atoms with E-state index in [4.69, 9.17) is 0 Å². The minimum Gasteiger partial charge on any atom is -0.317 e. The number of nitriles is 1. The number of hydrogen-bond acceptors (Lipinski definition) is 4. The molecule has 0 spiro atoms. The van der Waals surface area contributed by atoms with E-state index in [9.17, 15) is 20.2 Å². The van der Waals surface area contributed by atoms with Crippen LogP contribution in [0.3, 0.4) is 0 Å². The molecule has 0 aliphatic rings. The van der Waals surface area contributed by atoms with Gasteiger partial charge in [0, 0.05) is 35.3 Å². The number of aromatic nitrogens is 1. The Bertz CT molecular complexity index is 1030. The number of benzene rings is 2. The predicted octanol–water partition coefficient (Wildman–Crippen LogP) is 4.18. The number of Topliss-reactive ketones (excluding diaryl/α,β-unsaturated/α-hetero) is 1. The maximum atomic E-state index is 12.5. The van der Waals surface area contributed by atoms with E-state index < -0.39 is 4.92 Å². The largest absolute Gasteiger partial charge is 0.317 e. The fourth-order valence-electron chi connectivity index (χ4n) is 2.52. The first-order chi connectivity index (χ1) is 12.6. The summed E-state index contributed by atoms with van der Waals surface area (Å²) in [4.78, 5) is 22.8. The van der Waals surface area contributed by atoms with Crippen molar-refractivity contribution in [1.82, 2.24) is 4.57 Å². The van der Waals surface area contributed by atoms with Crippen LogP contribution in [-0.4, -0.2) is 15.3 Å². The number of carbonyl (C=O) groups excluding carboxylic acids is 1. The van der Waals surface area contributed by atoms with Crippen LogP contribution in [0.15, 0.2) is 78.5 Å². The maximum absolute atomic E-state index is 12.5. The molecule has 1 aromatic heterocycles. The van der Waals surface area contributed by atoms with Crippen molar-refractivity contribution in [3.05, 3.63) is 99.9 Å². The minimum atomic E-state index is -0.466. The van der Waals surface area contributed by atoms with Crippen LogP contribution in [0.25, 0.3) is 11.8 Å². The molecule has 26 heavy (non-hydrogen) atoms. The van der Waals surface area contributed by atoms with Crippen molar-refractivity contribution < 1.29 is 9.72 Å². The van der Waals surface area contributed by atoms with E-state index in [2.05, 4.69) is 0 Å². The van der Waals surface area contributed by atoms with Crippen molar-refractivity contribution in [2.45, 2.75) is 0 Å². The van der Waals surface area contributed by atoms with E-state index in [0.717, 1.165) is 0 Å². The molecule has 3 aromatic rings. The van der Waals surface area contributed by atoms with Crippen molar-refractivity contribution in [3.8, 4) is 11.8 Å². The standard InChI is InChI=1S/C20H13N3O3/c21-14-16(20(24)15-5-2-1-3-6-15)13-19-7-4-12-22(19)17-8-10-18(11-9-17)23(25)26/h1-13H/b16-13+. The molecule has 0 bridgehead atoms. The Hall–Kier alpha value is -3.98. The monoisotopic (exact) mass is 343 g/mol. The fraction of sp³-hybridized carbons (Fsp3) is 0. The van der Waals surface area contributed by atoms with Gasteiger partial charge in [0.05, 0.1) is 4.92 Å². The van der Waals surface area contributed by atoms with Crippen LogP contribution in [0, 0.1) is 21.4 Å². The Labute approximate surface area is 149 Å². The molecule has 0 aliphatic heterocycles. The van der Waals surface area contributed by atoms with Gasteiger partial charge in [0.25, 0.3) is 5.69 Å². The van der Waals surface area contributed by atoms with E-state index in [1.54, 1.807) is 65.4 Å². The second kappa shape index (κ2) is 7.28. The highest BCUT2D eigenvalue weighted by atomic mass is 16.6. The third-order valence-electron chi connectivity index (χ3n) is 3.81. The smallest absolute Gasteiger partial charge is 0.269 e. The lowest BCUT2D eigenvalue weighted by molar-refractivity contribution is -0.384. The number of nitrogens with zero attached hydrogens (tertiary/aromatic N) is 3. The topological polar surface area (TPSA) is 88.9 Å². The molecule has 0 amide bonds. The minimum absolute atomic E-state index is 0.00466. The van der Waals surface area contributed by atoms with E-state index >= 15 is 0 Å². The SMILES string of the molecule is N#C/C(=C\c1cccn1-c1ccc([N+](=O)[O-])cc1)C(=O)c1ccccc1. The summed E-state index contributed by atoms with van der Waals surface area (Å²) in [7, 11) is 0. The molecule has 1 heterocycles. The van der Waals surface area contributed by atoms with Crippen LogP contribution in [0.1, 0.15) is 16.1 Å². The Balaban J connectivity index is 1.97. The molecule has 0 atom stereocenters. The van der Waals surface area contributed by atoms with E-state index in [-0.39, 0.29) is 17.0 Å². The maximum Gasteiger partial charge on any atom is 0.269 e. The summed E-state index contributed by atoms with van der Waals surface area (Å²) in [5, 5.41) is 20.2. The summed E-state index contributed by atoms with van der Waals surface area (Å²) in [6.07, 6.45) is 3.27. The third-order valence-corrected chi connectivity index (χ3v) is 3.81. The van der Waals surface area contributed by atoms with Gasteiger partial charge in [-0.3, -0.25) is 14.9 Å². The lowest BCUT2D eigenvalue weighted by Crippen LogP contribution is -2.03. The van der Waals surface area contributed by atoms with Gasteiger partial charge in [0.1, 0.15) is 11.6 Å². The number of ketones is 1. The van der Waals surface area contributed by atoms with E-state index in [1.807, 2.05) is 6.07 Å². The zero-order valence-electron chi connectivity index (χ0n) is 13.6. The molecule has 0 radical (unpaired) electrons. The summed E-state index contributed by atoms with van der Waals surface area (Å²) < 4.78 is 1.75. The molecule has 3 rings (SSSR count). The van der Waals surface area contributed by atoms with Gasteiger partial charge in [-0.1, -0.05) is 30.3 Å². The van der Waals surface area contributed by atoms with Crippen LogP contribution < -0.4 is 0 Å². The molecule has 0 saturated carbocycles. The molecule has 0 unspecified atom stereocenters. The van der Waals surface area contributed by atoms with Crippen LogP contribution >= 0.6 is 0 Å². The van der Waals surface area contributed by atoms with Gasteiger partial charge in [0.15, 0.2) is 0 Å². The predicted molar refractivity (Wildman–Crippen MR) is 96.8 cm³/mol. The lowest BCUT2D eigenvalue weighted by Gasteiger charge is -2.07. The first kappa shape index (κ1) is 16.9. The lowest BCUT2D eigenvalue weighted by atomic mass is 10.0. The number of carbonyl (C=O) groups is 1. The number of rotatable bonds is 5. The molecule has 126 valence electrons. The molecule has 0 N–H and O–H groups in total. The highest BCUT2D eigenvalue weighted by Crippen LogP contribution is 2.20. The van der Waals surface area contributed by atoms with Gasteiger partial charge in [-0.2, -0.15) is 5.26 Å². The molecule has 6 heteroatoms. The second-order valence-electron chi connectivity index (χ2n) is 5.44. The van der Waals surface area contributed by atoms with Crippen LogP contribution in [0.5, 0.6) is 0 Å². The third kappa shape index (κ3) is 3.42. The fourth-order valence-corrected chi connectivity index (χ4v) is 2.52. The average Bonchev–Trinajstić information content (AvgIpc) is 3.14. The van der Waals surface area contributed by atoms with Gasteiger partial charge in [0.2, 0.25) is 5.78 Å². The van der Waals surface area contributed by atoms with E-state index in [1.165, 1.54) is 18.2 Å². The number of nitro groups is 1. The summed E-state index contributed by atoms with van der Waals surface area (Å²) in [6, 6.07) is 20.1. The number of nitro benzene ring substituents is 1. The van der Waals surface area contributed by atoms with Crippen molar-refractivity contribution in [2.75, 3.05) is 0 Å². The number of allylic oxidation sites excluding steroid dienone is 1. The first-order valence-electron chi connectivity index (χ1n) is 7.74. The second-order valence-corrected chi connectivity index (χ2v) is 5.44. The Morgan fingerprint density at radius 1 is 1.04 bits per heavy atom. The van der Waals surface area contributed by atoms with Crippen molar-refractivity contribution in [3.63, 3.8) is 0 Å². The van der Waals surface area contributed by atoms with Crippen molar-refractivity contribution in [1.29, 1.82) is 5.26 Å². The molecular weight excluding hydrogens is 330 g/mol. The highest BCUT2D eigenvalue weighted by Gasteiger charge is 2.13. The van der Waals surface area contributed by atoms with Gasteiger partial charge < -0.3 is 4.57 Å². The van der Waals surface area contributed by atoms with Gasteiger partial charge in [-0.05, 0) is 30.3 Å². The summed E-state index contributed by atoms with van der Waals surface area (Å²) >= 11 is 0. The summed E-state index contributed by atoms with van der Waals surface area (Å²) in [6.45, 7) is 0. The number of non-ortho nitro benzene ring substituents is 1. The van der Waals surface area contributed by atoms with Gasteiger partial charge in [-0.25, -0.2) is 0 Å². The summed E-state index contributed by atoms with van der Waals surface area (Å²) in [5.74, 6) is -0.357. The van der Waals surface area contributed by atoms with Crippen LogP contribution in [0.4, 0.5) is 5.69 Å². The first-order valence-corrected chi connectivity index (χ1v) is 7.74. The Kier molecular flexibility index (Phi) is 4.72. The normalized spacial score (nSPS) is 11.0. The van der Waals surface area contributed by atoms with Crippen molar-refractivity contribution in [2.24, 2.45) is 0 Å². The molecule has 6 nitrogen and oxygen atoms in total. The molecule has 0 fully saturated rings. The Morgan fingerprint density at radius 3 is 2.35 bits per heavy atom. The zero-order chi connectivity index (χ0) is 18.5. The van der Waals surface area contributed by atoms with Gasteiger partial charge in [-0.15, -0.1) is 0 Å². The molecule has 0 aliphatic carbocycles. The molecule has 0 saturated heterocycles. The van der Waals surface area contributed by atoms with Crippen LogP contribution in [-0.2, 0) is 0 Å². The summed E-state index contributed by atoms with van der Waals surface area (Å²) in [5.41, 5.74) is 1.76. The van der Waals surface area contributed by atoms with E-state index in [0.29, 0.717) is 16.9 Å². The van der Waals surface area contributed by atoms with Crippen molar-refractivity contribution >= 4 is 17.5 Å². The zero-order valence-corrected chi connectivity index (χ0v) is 13.6.